The smallest absolute Gasteiger partial charge is 0.288 e. The average Bonchev–Trinajstić information content (AvgIpc) is 2.85. The molecule has 2 aromatic heterocycles. The molecule has 0 aromatic carbocycles. The van der Waals surface area contributed by atoms with Gasteiger partial charge >= 0.3 is 0 Å². The van der Waals surface area contributed by atoms with Gasteiger partial charge in [-0.2, -0.15) is 5.10 Å². The number of aryl methyl sites for hydroxylation is 1. The summed E-state index contributed by atoms with van der Waals surface area (Å²) >= 11 is 0. The van der Waals surface area contributed by atoms with E-state index in [4.69, 9.17) is 0 Å². The summed E-state index contributed by atoms with van der Waals surface area (Å²) in [5.41, 5.74) is 0. The van der Waals surface area contributed by atoms with Crippen LogP contribution in [-0.4, -0.2) is 35.9 Å². The van der Waals surface area contributed by atoms with Crippen LogP contribution in [0.1, 0.15) is 16.4 Å². The van der Waals surface area contributed by atoms with Crippen molar-refractivity contribution in [3.8, 4) is 0 Å². The lowest BCUT2D eigenvalue weighted by Crippen LogP contribution is -2.25. The Hall–Kier alpha value is -2.25. The molecule has 1 amide bonds. The number of hydrogen-bond acceptors (Lipinski definition) is 5. The van der Waals surface area contributed by atoms with Crippen LogP contribution in [0, 0.1) is 0 Å². The third-order valence-corrected chi connectivity index (χ3v) is 1.84. The molecule has 0 spiro atoms. The van der Waals surface area contributed by atoms with E-state index in [9.17, 15) is 4.79 Å². The molecule has 8 nitrogen and oxygen atoms in total. The Balaban J connectivity index is 1.95. The van der Waals surface area contributed by atoms with Gasteiger partial charge in [-0.3, -0.25) is 9.89 Å². The second-order valence-electron chi connectivity index (χ2n) is 2.87. The monoisotopic (exact) mass is 207 g/mol. The van der Waals surface area contributed by atoms with Crippen LogP contribution >= 0.6 is 0 Å². The molecule has 0 fully saturated rings. The van der Waals surface area contributed by atoms with Gasteiger partial charge in [0.25, 0.3) is 5.91 Å². The molecule has 2 heterocycles. The summed E-state index contributed by atoms with van der Waals surface area (Å²) in [5.74, 6) is 0.524. The van der Waals surface area contributed by atoms with Gasteiger partial charge < -0.3 is 9.88 Å². The lowest BCUT2D eigenvalue weighted by Gasteiger charge is -2.01. The third-order valence-electron chi connectivity index (χ3n) is 1.84. The SMILES string of the molecule is Cn1cnnc1CNC(=O)c1ncn[nH]1. The molecule has 0 aliphatic carbocycles. The highest BCUT2D eigenvalue weighted by Crippen LogP contribution is 1.91. The topological polar surface area (TPSA) is 101 Å². The van der Waals surface area contributed by atoms with Gasteiger partial charge in [0.2, 0.25) is 5.82 Å². The Morgan fingerprint density at radius 1 is 1.67 bits per heavy atom. The Morgan fingerprint density at radius 3 is 3.13 bits per heavy atom. The number of hydrogen-bond donors (Lipinski definition) is 2. The number of amides is 1. The summed E-state index contributed by atoms with van der Waals surface area (Å²) in [4.78, 5) is 15.1. The minimum atomic E-state index is -0.324. The van der Waals surface area contributed by atoms with Crippen LogP contribution in [0.25, 0.3) is 0 Å². The van der Waals surface area contributed by atoms with E-state index in [1.54, 1.807) is 17.9 Å². The standard InChI is InChI=1S/C7H9N7O/c1-14-4-11-12-5(14)2-8-7(15)6-9-3-10-13-6/h3-4H,2H2,1H3,(H,8,15)(H,9,10,13). The van der Waals surface area contributed by atoms with Crippen molar-refractivity contribution in [2.75, 3.05) is 0 Å². The van der Waals surface area contributed by atoms with E-state index in [1.807, 2.05) is 0 Å². The van der Waals surface area contributed by atoms with Gasteiger partial charge in [-0.1, -0.05) is 0 Å². The molecule has 78 valence electrons. The van der Waals surface area contributed by atoms with Crippen molar-refractivity contribution in [1.82, 2.24) is 35.3 Å². The maximum atomic E-state index is 11.4. The van der Waals surface area contributed by atoms with Crippen molar-refractivity contribution in [3.63, 3.8) is 0 Å². The molecule has 8 heteroatoms. The normalized spacial score (nSPS) is 10.2. The van der Waals surface area contributed by atoms with Crippen LogP contribution in [0.5, 0.6) is 0 Å². The zero-order valence-corrected chi connectivity index (χ0v) is 8.01. The first-order chi connectivity index (χ1) is 7.27. The van der Waals surface area contributed by atoms with E-state index in [2.05, 4.69) is 30.7 Å². The lowest BCUT2D eigenvalue weighted by molar-refractivity contribution is 0.0939. The zero-order chi connectivity index (χ0) is 10.7. The summed E-state index contributed by atoms with van der Waals surface area (Å²) in [7, 11) is 1.80. The van der Waals surface area contributed by atoms with E-state index in [-0.39, 0.29) is 11.7 Å². The molecular formula is C7H9N7O. The molecule has 0 atom stereocenters. The lowest BCUT2D eigenvalue weighted by atomic mass is 10.5. The van der Waals surface area contributed by atoms with Gasteiger partial charge in [0.05, 0.1) is 6.54 Å². The first-order valence-electron chi connectivity index (χ1n) is 4.24. The van der Waals surface area contributed by atoms with Crippen molar-refractivity contribution in [2.24, 2.45) is 7.05 Å². The Kier molecular flexibility index (Phi) is 2.40. The fourth-order valence-corrected chi connectivity index (χ4v) is 1.03. The Labute approximate surface area is 84.7 Å². The summed E-state index contributed by atoms with van der Waals surface area (Å²) in [5, 5.41) is 16.2. The first kappa shape index (κ1) is 9.31. The maximum Gasteiger partial charge on any atom is 0.288 e. The van der Waals surface area contributed by atoms with Gasteiger partial charge in [-0.15, -0.1) is 10.2 Å². The van der Waals surface area contributed by atoms with E-state index in [1.165, 1.54) is 6.33 Å². The predicted molar refractivity (Wildman–Crippen MR) is 48.6 cm³/mol. The van der Waals surface area contributed by atoms with E-state index < -0.39 is 0 Å². The number of aromatic nitrogens is 6. The molecule has 0 aliphatic heterocycles. The van der Waals surface area contributed by atoms with E-state index in [0.717, 1.165) is 0 Å². The average molecular weight is 207 g/mol. The van der Waals surface area contributed by atoms with Crippen molar-refractivity contribution < 1.29 is 4.79 Å². The second kappa shape index (κ2) is 3.86. The van der Waals surface area contributed by atoms with E-state index in [0.29, 0.717) is 12.4 Å². The highest BCUT2D eigenvalue weighted by molar-refractivity contribution is 5.90. The minimum Gasteiger partial charge on any atom is -0.342 e. The molecule has 2 rings (SSSR count). The molecule has 0 saturated carbocycles. The highest BCUT2D eigenvalue weighted by Gasteiger charge is 2.09. The number of carbonyl (C=O) groups is 1. The number of nitrogens with one attached hydrogen (secondary N) is 2. The molecule has 0 unspecified atom stereocenters. The number of nitrogens with zero attached hydrogens (tertiary/aromatic N) is 5. The summed E-state index contributed by atoms with van der Waals surface area (Å²) in [6.07, 6.45) is 2.84. The van der Waals surface area contributed by atoms with E-state index >= 15 is 0 Å². The molecule has 2 N–H and O–H groups in total. The number of carbonyl (C=O) groups excluding carboxylic acids is 1. The Bertz CT molecular complexity index is 446. The molecule has 0 saturated heterocycles. The quantitative estimate of drug-likeness (QED) is 0.662. The summed E-state index contributed by atoms with van der Waals surface area (Å²) in [6, 6.07) is 0. The first-order valence-corrected chi connectivity index (χ1v) is 4.24. The van der Waals surface area contributed by atoms with Crippen LogP contribution in [0.4, 0.5) is 0 Å². The molecule has 15 heavy (non-hydrogen) atoms. The van der Waals surface area contributed by atoms with Crippen molar-refractivity contribution in [3.05, 3.63) is 24.3 Å². The zero-order valence-electron chi connectivity index (χ0n) is 8.01. The second-order valence-corrected chi connectivity index (χ2v) is 2.87. The molecule has 0 aliphatic rings. The molecule has 0 bridgehead atoms. The van der Waals surface area contributed by atoms with Crippen LogP contribution in [0.3, 0.4) is 0 Å². The van der Waals surface area contributed by atoms with Crippen LogP contribution in [0.15, 0.2) is 12.7 Å². The number of H-pyrrole nitrogens is 1. The van der Waals surface area contributed by atoms with Crippen molar-refractivity contribution in [2.45, 2.75) is 6.54 Å². The van der Waals surface area contributed by atoms with Gasteiger partial charge in [0.1, 0.15) is 12.7 Å². The fraction of sp³-hybridized carbons (Fsp3) is 0.286. The number of aromatic amines is 1. The van der Waals surface area contributed by atoms with Crippen LogP contribution in [0.2, 0.25) is 0 Å². The highest BCUT2D eigenvalue weighted by atomic mass is 16.2. The predicted octanol–water partition coefficient (Wildman–Crippen LogP) is -1.14. The van der Waals surface area contributed by atoms with Crippen LogP contribution in [-0.2, 0) is 13.6 Å². The molecule has 0 radical (unpaired) electrons. The summed E-state index contributed by atoms with van der Waals surface area (Å²) in [6.45, 7) is 0.302. The largest absolute Gasteiger partial charge is 0.342 e. The van der Waals surface area contributed by atoms with Gasteiger partial charge in [0, 0.05) is 7.05 Å². The third kappa shape index (κ3) is 1.98. The van der Waals surface area contributed by atoms with Gasteiger partial charge in [0.15, 0.2) is 5.82 Å². The molecular weight excluding hydrogens is 198 g/mol. The van der Waals surface area contributed by atoms with Crippen molar-refractivity contribution >= 4 is 5.91 Å². The fourth-order valence-electron chi connectivity index (χ4n) is 1.03. The Morgan fingerprint density at radius 2 is 2.53 bits per heavy atom. The summed E-state index contributed by atoms with van der Waals surface area (Å²) < 4.78 is 1.72. The van der Waals surface area contributed by atoms with Gasteiger partial charge in [-0.05, 0) is 0 Å². The molecule has 2 aromatic rings. The number of rotatable bonds is 3. The van der Waals surface area contributed by atoms with Crippen molar-refractivity contribution in [1.29, 1.82) is 0 Å². The minimum absolute atomic E-state index is 0.178. The van der Waals surface area contributed by atoms with Crippen LogP contribution < -0.4 is 5.32 Å². The van der Waals surface area contributed by atoms with Gasteiger partial charge in [-0.25, -0.2) is 4.98 Å². The maximum absolute atomic E-state index is 11.4.